The zero-order valence-corrected chi connectivity index (χ0v) is 9.96. The molecule has 0 saturated heterocycles. The van der Waals surface area contributed by atoms with E-state index in [2.05, 4.69) is 5.10 Å². The van der Waals surface area contributed by atoms with Crippen LogP contribution >= 0.6 is 0 Å². The largest absolute Gasteiger partial charge is 0.393 e. The van der Waals surface area contributed by atoms with Crippen LogP contribution in [0.15, 0.2) is 6.07 Å². The van der Waals surface area contributed by atoms with Gasteiger partial charge in [0.2, 0.25) is 0 Å². The summed E-state index contributed by atoms with van der Waals surface area (Å²) in [7, 11) is 1.73. The van der Waals surface area contributed by atoms with Crippen LogP contribution < -0.4 is 0 Å². The van der Waals surface area contributed by atoms with Crippen molar-refractivity contribution in [2.45, 2.75) is 44.9 Å². The molecular weight excluding hydrogens is 233 g/mol. The highest BCUT2D eigenvalue weighted by Gasteiger charge is 2.28. The summed E-state index contributed by atoms with van der Waals surface area (Å²) in [5.41, 5.74) is 1.64. The summed E-state index contributed by atoms with van der Waals surface area (Å²) in [6.07, 6.45) is -5.42. The second-order valence-corrected chi connectivity index (χ2v) is 4.12. The molecule has 17 heavy (non-hydrogen) atoms. The maximum atomic E-state index is 12.0. The van der Waals surface area contributed by atoms with Gasteiger partial charge < -0.3 is 5.11 Å². The third-order valence-corrected chi connectivity index (χ3v) is 2.60. The molecule has 6 heteroatoms. The summed E-state index contributed by atoms with van der Waals surface area (Å²) < 4.78 is 37.5. The van der Waals surface area contributed by atoms with Crippen molar-refractivity contribution in [3.63, 3.8) is 0 Å². The molecule has 1 unspecified atom stereocenters. The van der Waals surface area contributed by atoms with Crippen molar-refractivity contribution >= 4 is 0 Å². The third-order valence-electron chi connectivity index (χ3n) is 2.60. The first-order chi connectivity index (χ1) is 7.81. The molecule has 0 aliphatic rings. The van der Waals surface area contributed by atoms with Crippen LogP contribution in [0.3, 0.4) is 0 Å². The van der Waals surface area contributed by atoms with Crippen molar-refractivity contribution in [2.75, 3.05) is 0 Å². The minimum Gasteiger partial charge on any atom is -0.393 e. The predicted octanol–water partition coefficient (Wildman–Crippen LogP) is 2.23. The van der Waals surface area contributed by atoms with Gasteiger partial charge in [-0.25, -0.2) is 0 Å². The Labute approximate surface area is 98.2 Å². The molecule has 1 heterocycles. The standard InChI is InChI=1S/C11H17F3N2O/c1-3-8-6-9(16(2)15-8)7-10(17)4-5-11(12,13)14/h6,10,17H,3-5,7H2,1-2H3. The number of hydrogen-bond acceptors (Lipinski definition) is 2. The molecule has 0 bridgehead atoms. The Bertz CT molecular complexity index is 360. The topological polar surface area (TPSA) is 38.0 Å². The van der Waals surface area contributed by atoms with Crippen molar-refractivity contribution in [2.24, 2.45) is 7.05 Å². The Balaban J connectivity index is 2.50. The van der Waals surface area contributed by atoms with Crippen molar-refractivity contribution in [1.29, 1.82) is 0 Å². The summed E-state index contributed by atoms with van der Waals surface area (Å²) in [6.45, 7) is 1.95. The van der Waals surface area contributed by atoms with E-state index in [1.165, 1.54) is 0 Å². The van der Waals surface area contributed by atoms with E-state index < -0.39 is 18.7 Å². The van der Waals surface area contributed by atoms with E-state index in [1.54, 1.807) is 11.7 Å². The Morgan fingerprint density at radius 3 is 2.59 bits per heavy atom. The molecule has 98 valence electrons. The number of aromatic nitrogens is 2. The molecular formula is C11H17F3N2O. The number of alkyl halides is 3. The van der Waals surface area contributed by atoms with Crippen LogP contribution in [0.5, 0.6) is 0 Å². The van der Waals surface area contributed by atoms with Crippen LogP contribution in [0, 0.1) is 0 Å². The lowest BCUT2D eigenvalue weighted by atomic mass is 10.1. The maximum absolute atomic E-state index is 12.0. The van der Waals surface area contributed by atoms with Gasteiger partial charge in [0.25, 0.3) is 0 Å². The van der Waals surface area contributed by atoms with Gasteiger partial charge in [-0.1, -0.05) is 6.92 Å². The van der Waals surface area contributed by atoms with Crippen molar-refractivity contribution < 1.29 is 18.3 Å². The van der Waals surface area contributed by atoms with Crippen molar-refractivity contribution in [3.8, 4) is 0 Å². The van der Waals surface area contributed by atoms with E-state index in [4.69, 9.17) is 0 Å². The Morgan fingerprint density at radius 1 is 1.47 bits per heavy atom. The zero-order chi connectivity index (χ0) is 13.1. The molecule has 1 aromatic heterocycles. The summed E-state index contributed by atoms with van der Waals surface area (Å²) in [4.78, 5) is 0. The SMILES string of the molecule is CCc1cc(CC(O)CCC(F)(F)F)n(C)n1. The molecule has 1 N–H and O–H groups in total. The maximum Gasteiger partial charge on any atom is 0.389 e. The van der Waals surface area contributed by atoms with Gasteiger partial charge >= 0.3 is 6.18 Å². The molecule has 0 aliphatic carbocycles. The van der Waals surface area contributed by atoms with Gasteiger partial charge in [0.15, 0.2) is 0 Å². The molecule has 1 rings (SSSR count). The molecule has 0 saturated carbocycles. The predicted molar refractivity (Wildman–Crippen MR) is 57.6 cm³/mol. The molecule has 0 amide bonds. The Kier molecular flexibility index (Phi) is 4.56. The zero-order valence-electron chi connectivity index (χ0n) is 9.96. The van der Waals surface area contributed by atoms with Gasteiger partial charge in [-0.3, -0.25) is 4.68 Å². The summed E-state index contributed by atoms with van der Waals surface area (Å²) in [5, 5.41) is 13.7. The molecule has 1 atom stereocenters. The number of rotatable bonds is 5. The van der Waals surface area contributed by atoms with Gasteiger partial charge in [0.05, 0.1) is 11.8 Å². The fraction of sp³-hybridized carbons (Fsp3) is 0.727. The van der Waals surface area contributed by atoms with Crippen LogP contribution in [0.25, 0.3) is 0 Å². The first-order valence-electron chi connectivity index (χ1n) is 5.58. The fourth-order valence-electron chi connectivity index (χ4n) is 1.61. The van der Waals surface area contributed by atoms with Crippen LogP contribution in [-0.4, -0.2) is 27.2 Å². The molecule has 3 nitrogen and oxygen atoms in total. The number of aliphatic hydroxyl groups is 1. The van der Waals surface area contributed by atoms with E-state index in [1.807, 2.05) is 13.0 Å². The number of aryl methyl sites for hydroxylation is 2. The summed E-state index contributed by atoms with van der Waals surface area (Å²) >= 11 is 0. The highest BCUT2D eigenvalue weighted by atomic mass is 19.4. The highest BCUT2D eigenvalue weighted by molar-refractivity contribution is 5.11. The lowest BCUT2D eigenvalue weighted by molar-refractivity contribution is -0.139. The minimum absolute atomic E-state index is 0.208. The summed E-state index contributed by atoms with van der Waals surface area (Å²) in [5.74, 6) is 0. The molecule has 0 fully saturated rings. The number of halogens is 3. The second kappa shape index (κ2) is 5.53. The molecule has 1 aromatic rings. The number of hydrogen-bond donors (Lipinski definition) is 1. The number of aliphatic hydroxyl groups excluding tert-OH is 1. The van der Waals surface area contributed by atoms with E-state index in [0.717, 1.165) is 17.8 Å². The van der Waals surface area contributed by atoms with Crippen molar-refractivity contribution in [1.82, 2.24) is 9.78 Å². The first-order valence-corrected chi connectivity index (χ1v) is 5.58. The average Bonchev–Trinajstić information content (AvgIpc) is 2.56. The van der Waals surface area contributed by atoms with Gasteiger partial charge in [-0.2, -0.15) is 18.3 Å². The lowest BCUT2D eigenvalue weighted by Crippen LogP contribution is -2.17. The average molecular weight is 250 g/mol. The van der Waals surface area contributed by atoms with Crippen LogP contribution in [0.2, 0.25) is 0 Å². The van der Waals surface area contributed by atoms with Crippen LogP contribution in [0.1, 0.15) is 31.2 Å². The smallest absolute Gasteiger partial charge is 0.389 e. The van der Waals surface area contributed by atoms with Crippen LogP contribution in [0.4, 0.5) is 13.2 Å². The van der Waals surface area contributed by atoms with Gasteiger partial charge in [-0.15, -0.1) is 0 Å². The van der Waals surface area contributed by atoms with E-state index in [9.17, 15) is 18.3 Å². The van der Waals surface area contributed by atoms with Gasteiger partial charge in [-0.05, 0) is 18.9 Å². The van der Waals surface area contributed by atoms with Crippen LogP contribution in [-0.2, 0) is 19.9 Å². The van der Waals surface area contributed by atoms with Gasteiger partial charge in [0.1, 0.15) is 0 Å². The monoisotopic (exact) mass is 250 g/mol. The molecule has 0 aromatic carbocycles. The van der Waals surface area contributed by atoms with E-state index >= 15 is 0 Å². The number of nitrogens with zero attached hydrogens (tertiary/aromatic N) is 2. The lowest BCUT2D eigenvalue weighted by Gasteiger charge is -2.12. The normalized spacial score (nSPS) is 14.0. The molecule has 0 radical (unpaired) electrons. The first kappa shape index (κ1) is 14.0. The van der Waals surface area contributed by atoms with E-state index in [-0.39, 0.29) is 12.8 Å². The second-order valence-electron chi connectivity index (χ2n) is 4.12. The minimum atomic E-state index is -4.21. The Hall–Kier alpha value is -1.04. The quantitative estimate of drug-likeness (QED) is 0.870. The summed E-state index contributed by atoms with van der Waals surface area (Å²) in [6, 6.07) is 1.82. The molecule has 0 aliphatic heterocycles. The molecule has 0 spiro atoms. The third kappa shape index (κ3) is 4.77. The highest BCUT2D eigenvalue weighted by Crippen LogP contribution is 2.23. The Morgan fingerprint density at radius 2 is 2.12 bits per heavy atom. The van der Waals surface area contributed by atoms with Crippen molar-refractivity contribution in [3.05, 3.63) is 17.5 Å². The fourth-order valence-corrected chi connectivity index (χ4v) is 1.61. The van der Waals surface area contributed by atoms with Gasteiger partial charge in [0, 0.05) is 25.6 Å². The van der Waals surface area contributed by atoms with E-state index in [0.29, 0.717) is 0 Å².